The van der Waals surface area contributed by atoms with E-state index in [0.717, 1.165) is 0 Å². The Bertz CT molecular complexity index is 329. The number of nitrogens with zero attached hydrogens (tertiary/aromatic N) is 4. The van der Waals surface area contributed by atoms with Crippen molar-refractivity contribution in [3.63, 3.8) is 0 Å². The van der Waals surface area contributed by atoms with Gasteiger partial charge in [0.1, 0.15) is 0 Å². The zero-order valence-corrected chi connectivity index (χ0v) is 9.10. The molecule has 0 aliphatic carbocycles. The lowest BCUT2D eigenvalue weighted by Gasteiger charge is -2.14. The second kappa shape index (κ2) is 4.74. The lowest BCUT2D eigenvalue weighted by molar-refractivity contribution is 0.281. The Hall–Kier alpha value is -1.63. The molecule has 0 spiro atoms. The van der Waals surface area contributed by atoms with E-state index in [2.05, 4.69) is 20.3 Å². The summed E-state index contributed by atoms with van der Waals surface area (Å²) in [4.78, 5) is 13.7. The van der Waals surface area contributed by atoms with Crippen LogP contribution >= 0.6 is 0 Å². The smallest absolute Gasteiger partial charge is 0.231 e. The molecule has 1 heterocycles. The van der Waals surface area contributed by atoms with E-state index in [-0.39, 0.29) is 18.6 Å². The van der Waals surface area contributed by atoms with E-state index in [1.807, 2.05) is 21.0 Å². The van der Waals surface area contributed by atoms with Crippen LogP contribution in [-0.4, -0.2) is 46.8 Å². The number of aliphatic hydroxyl groups is 1. The molecule has 1 atom stereocenters. The van der Waals surface area contributed by atoms with Crippen molar-refractivity contribution in [2.45, 2.75) is 13.0 Å². The summed E-state index contributed by atoms with van der Waals surface area (Å²) in [7, 11) is 3.63. The highest BCUT2D eigenvalue weighted by molar-refractivity contribution is 5.41. The average molecular weight is 212 g/mol. The fraction of sp³-hybridized carbons (Fsp3) is 0.625. The molecule has 1 aromatic rings. The molecular formula is C8H16N6O. The van der Waals surface area contributed by atoms with Crippen molar-refractivity contribution < 1.29 is 5.11 Å². The summed E-state index contributed by atoms with van der Waals surface area (Å²) in [5.74, 6) is 1.00. The zero-order chi connectivity index (χ0) is 11.4. The maximum absolute atomic E-state index is 8.87. The predicted molar refractivity (Wildman–Crippen MR) is 58.7 cm³/mol. The maximum atomic E-state index is 8.87. The van der Waals surface area contributed by atoms with Gasteiger partial charge in [0.05, 0.1) is 6.61 Å². The number of nitrogens with two attached hydrogens (primary N) is 1. The van der Waals surface area contributed by atoms with Crippen LogP contribution in [0, 0.1) is 0 Å². The molecule has 0 bridgehead atoms. The van der Waals surface area contributed by atoms with E-state index < -0.39 is 0 Å². The molecule has 15 heavy (non-hydrogen) atoms. The topological polar surface area (TPSA) is 100 Å². The second-order valence-electron chi connectivity index (χ2n) is 3.44. The number of rotatable bonds is 4. The molecule has 0 aromatic carbocycles. The summed E-state index contributed by atoms with van der Waals surface area (Å²) in [6, 6.07) is -0.123. The van der Waals surface area contributed by atoms with Gasteiger partial charge in [-0.15, -0.1) is 0 Å². The molecule has 7 nitrogen and oxygen atoms in total. The monoisotopic (exact) mass is 212 g/mol. The van der Waals surface area contributed by atoms with E-state index in [1.165, 1.54) is 0 Å². The Balaban J connectivity index is 2.88. The molecular weight excluding hydrogens is 196 g/mol. The van der Waals surface area contributed by atoms with Crippen molar-refractivity contribution in [2.75, 3.05) is 36.7 Å². The average Bonchev–Trinajstić information content (AvgIpc) is 2.16. The molecule has 4 N–H and O–H groups in total. The van der Waals surface area contributed by atoms with Gasteiger partial charge in [0, 0.05) is 20.1 Å². The minimum absolute atomic E-state index is 0.00286. The number of aromatic nitrogens is 3. The first kappa shape index (κ1) is 11.4. The van der Waals surface area contributed by atoms with Crippen molar-refractivity contribution >= 4 is 17.8 Å². The standard InChI is InChI=1S/C8H16N6O/c1-5(4-15)10-7-11-6(9)12-8(13-7)14(2)3/h5,15H,4H2,1-3H3,(H3,9,10,11,12,13). The minimum atomic E-state index is -0.123. The summed E-state index contributed by atoms with van der Waals surface area (Å²) < 4.78 is 0. The molecule has 0 amide bonds. The fourth-order valence-electron chi connectivity index (χ4n) is 0.911. The SMILES string of the molecule is CC(CO)Nc1nc(N)nc(N(C)C)n1. The van der Waals surface area contributed by atoms with E-state index in [9.17, 15) is 0 Å². The van der Waals surface area contributed by atoms with Crippen LogP contribution in [0.2, 0.25) is 0 Å². The van der Waals surface area contributed by atoms with Crippen LogP contribution in [0.15, 0.2) is 0 Å². The van der Waals surface area contributed by atoms with Gasteiger partial charge < -0.3 is 21.1 Å². The fourth-order valence-corrected chi connectivity index (χ4v) is 0.911. The normalized spacial score (nSPS) is 12.3. The highest BCUT2D eigenvalue weighted by atomic mass is 16.3. The van der Waals surface area contributed by atoms with Crippen molar-refractivity contribution in [1.29, 1.82) is 0 Å². The highest BCUT2D eigenvalue weighted by Gasteiger charge is 2.07. The molecule has 0 radical (unpaired) electrons. The van der Waals surface area contributed by atoms with Gasteiger partial charge in [0.15, 0.2) is 0 Å². The van der Waals surface area contributed by atoms with Crippen LogP contribution in [0.4, 0.5) is 17.8 Å². The van der Waals surface area contributed by atoms with Gasteiger partial charge in [0.25, 0.3) is 0 Å². The number of hydrogen-bond acceptors (Lipinski definition) is 7. The molecule has 7 heteroatoms. The molecule has 1 unspecified atom stereocenters. The quantitative estimate of drug-likeness (QED) is 0.607. The van der Waals surface area contributed by atoms with Crippen LogP contribution in [0.25, 0.3) is 0 Å². The molecule has 0 saturated heterocycles. The van der Waals surface area contributed by atoms with E-state index in [4.69, 9.17) is 10.8 Å². The van der Waals surface area contributed by atoms with Gasteiger partial charge >= 0.3 is 0 Å². The van der Waals surface area contributed by atoms with Gasteiger partial charge in [-0.2, -0.15) is 15.0 Å². The summed E-state index contributed by atoms with van der Waals surface area (Å²) in [5.41, 5.74) is 5.52. The van der Waals surface area contributed by atoms with E-state index >= 15 is 0 Å². The molecule has 0 fully saturated rings. The van der Waals surface area contributed by atoms with E-state index in [1.54, 1.807) is 4.90 Å². The van der Waals surface area contributed by atoms with Gasteiger partial charge in [0.2, 0.25) is 17.8 Å². The largest absolute Gasteiger partial charge is 0.394 e. The number of hydrogen-bond donors (Lipinski definition) is 3. The summed E-state index contributed by atoms with van der Waals surface area (Å²) in [6.07, 6.45) is 0. The third kappa shape index (κ3) is 3.21. The van der Waals surface area contributed by atoms with Gasteiger partial charge in [-0.05, 0) is 6.92 Å². The Morgan fingerprint density at radius 1 is 1.40 bits per heavy atom. The number of nitrogen functional groups attached to an aromatic ring is 1. The van der Waals surface area contributed by atoms with Crippen LogP contribution in [0.3, 0.4) is 0 Å². The third-order valence-electron chi connectivity index (χ3n) is 1.69. The third-order valence-corrected chi connectivity index (χ3v) is 1.69. The number of nitrogens with one attached hydrogen (secondary N) is 1. The minimum Gasteiger partial charge on any atom is -0.394 e. The highest BCUT2D eigenvalue weighted by Crippen LogP contribution is 2.09. The first-order chi connectivity index (χ1) is 7.02. The predicted octanol–water partition coefficient (Wildman–Crippen LogP) is -0.687. The molecule has 1 rings (SSSR count). The lowest BCUT2D eigenvalue weighted by Crippen LogP contribution is -2.23. The Morgan fingerprint density at radius 2 is 2.07 bits per heavy atom. The van der Waals surface area contributed by atoms with Crippen molar-refractivity contribution in [2.24, 2.45) is 0 Å². The van der Waals surface area contributed by atoms with Gasteiger partial charge in [-0.1, -0.05) is 0 Å². The first-order valence-corrected chi connectivity index (χ1v) is 4.59. The molecule has 1 aromatic heterocycles. The maximum Gasteiger partial charge on any atom is 0.231 e. The molecule has 0 aliphatic rings. The molecule has 0 saturated carbocycles. The lowest BCUT2D eigenvalue weighted by atomic mass is 10.4. The van der Waals surface area contributed by atoms with Crippen molar-refractivity contribution in [3.05, 3.63) is 0 Å². The summed E-state index contributed by atoms with van der Waals surface area (Å²) >= 11 is 0. The Morgan fingerprint density at radius 3 is 2.60 bits per heavy atom. The summed E-state index contributed by atoms with van der Waals surface area (Å²) in [6.45, 7) is 1.82. The van der Waals surface area contributed by atoms with Crippen LogP contribution in [-0.2, 0) is 0 Å². The Kier molecular flexibility index (Phi) is 3.62. The van der Waals surface area contributed by atoms with Gasteiger partial charge in [-0.25, -0.2) is 0 Å². The second-order valence-corrected chi connectivity index (χ2v) is 3.44. The first-order valence-electron chi connectivity index (χ1n) is 4.59. The zero-order valence-electron chi connectivity index (χ0n) is 9.10. The van der Waals surface area contributed by atoms with Crippen molar-refractivity contribution in [3.8, 4) is 0 Å². The molecule has 0 aliphatic heterocycles. The van der Waals surface area contributed by atoms with Crippen LogP contribution < -0.4 is 16.0 Å². The number of aliphatic hydroxyl groups excluding tert-OH is 1. The van der Waals surface area contributed by atoms with Crippen LogP contribution in [0.1, 0.15) is 6.92 Å². The van der Waals surface area contributed by atoms with Crippen molar-refractivity contribution in [1.82, 2.24) is 15.0 Å². The molecule has 84 valence electrons. The van der Waals surface area contributed by atoms with Crippen LogP contribution in [0.5, 0.6) is 0 Å². The number of anilines is 3. The van der Waals surface area contributed by atoms with Gasteiger partial charge in [-0.3, -0.25) is 0 Å². The Labute approximate surface area is 88.4 Å². The van der Waals surface area contributed by atoms with E-state index in [0.29, 0.717) is 11.9 Å². The summed E-state index contributed by atoms with van der Waals surface area (Å²) in [5, 5.41) is 11.8.